The van der Waals surface area contributed by atoms with Gasteiger partial charge in [-0.25, -0.2) is 24.0 Å². The van der Waals surface area contributed by atoms with Gasteiger partial charge >= 0.3 is 0 Å². The van der Waals surface area contributed by atoms with Crippen molar-refractivity contribution in [1.82, 2.24) is 14.6 Å². The summed E-state index contributed by atoms with van der Waals surface area (Å²) in [7, 11) is 0.351. The predicted molar refractivity (Wildman–Crippen MR) is 75.0 cm³/mol. The minimum atomic E-state index is -3.54. The first-order valence-electron chi connectivity index (χ1n) is 5.95. The van der Waals surface area contributed by atoms with Crippen LogP contribution in [-0.2, 0) is 10.0 Å². The molecule has 0 radical (unpaired) electrons. The van der Waals surface area contributed by atoms with Crippen molar-refractivity contribution in [2.45, 2.75) is 24.3 Å². The van der Waals surface area contributed by atoms with Crippen molar-refractivity contribution < 1.29 is 8.42 Å². The van der Waals surface area contributed by atoms with Gasteiger partial charge in [0.05, 0.1) is 4.90 Å². The van der Waals surface area contributed by atoms with Crippen molar-refractivity contribution in [2.75, 3.05) is 26.1 Å². The lowest BCUT2D eigenvalue weighted by molar-refractivity contribution is 0.379. The van der Waals surface area contributed by atoms with Crippen molar-refractivity contribution in [1.29, 1.82) is 0 Å². The van der Waals surface area contributed by atoms with Gasteiger partial charge in [-0.05, 0) is 40.1 Å². The SMILES string of the molecule is CC(CCN(C)C)NS(=O)(=O)c1ccnc(NN)c1. The Bertz CT molecular complexity index is 504. The molecule has 0 fully saturated rings. The number of hydrogen-bond donors (Lipinski definition) is 3. The van der Waals surface area contributed by atoms with Crippen LogP contribution in [0.15, 0.2) is 23.2 Å². The fraction of sp³-hybridized carbons (Fsp3) is 0.545. The zero-order valence-corrected chi connectivity index (χ0v) is 12.2. The minimum absolute atomic E-state index is 0.144. The van der Waals surface area contributed by atoms with Gasteiger partial charge in [-0.2, -0.15) is 0 Å². The van der Waals surface area contributed by atoms with Crippen molar-refractivity contribution in [3.63, 3.8) is 0 Å². The van der Waals surface area contributed by atoms with E-state index >= 15 is 0 Å². The summed E-state index contributed by atoms with van der Waals surface area (Å²) >= 11 is 0. The number of anilines is 1. The number of nitrogens with zero attached hydrogens (tertiary/aromatic N) is 2. The average molecular weight is 287 g/mol. The Hall–Kier alpha value is -1.22. The van der Waals surface area contributed by atoms with Crippen LogP contribution < -0.4 is 16.0 Å². The molecule has 4 N–H and O–H groups in total. The van der Waals surface area contributed by atoms with E-state index in [2.05, 4.69) is 15.1 Å². The molecule has 0 aromatic carbocycles. The summed E-state index contributed by atoms with van der Waals surface area (Å²) in [6, 6.07) is 2.68. The summed E-state index contributed by atoms with van der Waals surface area (Å²) in [6.45, 7) is 2.65. The third kappa shape index (κ3) is 5.11. The van der Waals surface area contributed by atoms with Gasteiger partial charge in [-0.3, -0.25) is 0 Å². The molecule has 8 heteroatoms. The Kier molecular flexibility index (Phi) is 5.67. The van der Waals surface area contributed by atoms with Gasteiger partial charge in [0, 0.05) is 18.3 Å². The number of sulfonamides is 1. The highest BCUT2D eigenvalue weighted by molar-refractivity contribution is 7.89. The van der Waals surface area contributed by atoms with Crippen molar-refractivity contribution in [3.05, 3.63) is 18.3 Å². The maximum atomic E-state index is 12.1. The largest absolute Gasteiger partial charge is 0.309 e. The Balaban J connectivity index is 2.74. The van der Waals surface area contributed by atoms with Crippen LogP contribution in [-0.4, -0.2) is 45.0 Å². The van der Waals surface area contributed by atoms with Crippen LogP contribution in [0.4, 0.5) is 5.82 Å². The lowest BCUT2D eigenvalue weighted by Gasteiger charge is -2.17. The molecule has 1 atom stereocenters. The molecule has 0 saturated carbocycles. The first kappa shape index (κ1) is 15.8. The van der Waals surface area contributed by atoms with E-state index in [1.807, 2.05) is 25.9 Å². The van der Waals surface area contributed by atoms with E-state index in [0.717, 1.165) is 13.0 Å². The molecule has 1 unspecified atom stereocenters. The van der Waals surface area contributed by atoms with Crippen molar-refractivity contribution in [3.8, 4) is 0 Å². The summed E-state index contributed by atoms with van der Waals surface area (Å²) in [5.74, 6) is 5.52. The summed E-state index contributed by atoms with van der Waals surface area (Å²) in [6.07, 6.45) is 2.13. The number of hydrazine groups is 1. The summed E-state index contributed by atoms with van der Waals surface area (Å²) in [4.78, 5) is 6.03. The standard InChI is InChI=1S/C11H21N5O2S/c1-9(5-7-16(2)3)15-19(17,18)10-4-6-13-11(8-10)14-12/h4,6,8-9,15H,5,7,12H2,1-3H3,(H,13,14). The molecule has 0 aliphatic rings. The van der Waals surface area contributed by atoms with E-state index in [9.17, 15) is 8.42 Å². The highest BCUT2D eigenvalue weighted by Crippen LogP contribution is 2.12. The number of nitrogens with two attached hydrogens (primary N) is 1. The van der Waals surface area contributed by atoms with E-state index in [-0.39, 0.29) is 10.9 Å². The Morgan fingerprint density at radius 1 is 1.47 bits per heavy atom. The molecule has 19 heavy (non-hydrogen) atoms. The fourth-order valence-electron chi connectivity index (χ4n) is 1.50. The topological polar surface area (TPSA) is 100 Å². The number of nitrogen functional groups attached to an aromatic ring is 1. The summed E-state index contributed by atoms with van der Waals surface area (Å²) < 4.78 is 26.9. The van der Waals surface area contributed by atoms with Crippen LogP contribution in [0.2, 0.25) is 0 Å². The number of pyridine rings is 1. The zero-order valence-electron chi connectivity index (χ0n) is 11.4. The van der Waals surface area contributed by atoms with Crippen LogP contribution in [0.3, 0.4) is 0 Å². The highest BCUT2D eigenvalue weighted by atomic mass is 32.2. The molecule has 0 aliphatic heterocycles. The zero-order chi connectivity index (χ0) is 14.5. The molecule has 108 valence electrons. The molecule has 1 aromatic heterocycles. The Morgan fingerprint density at radius 3 is 2.74 bits per heavy atom. The lowest BCUT2D eigenvalue weighted by Crippen LogP contribution is -2.34. The Morgan fingerprint density at radius 2 is 2.16 bits per heavy atom. The van der Waals surface area contributed by atoms with E-state index in [1.165, 1.54) is 18.3 Å². The van der Waals surface area contributed by atoms with Crippen molar-refractivity contribution >= 4 is 15.8 Å². The van der Waals surface area contributed by atoms with Crippen LogP contribution >= 0.6 is 0 Å². The molecule has 0 aliphatic carbocycles. The highest BCUT2D eigenvalue weighted by Gasteiger charge is 2.17. The fourth-order valence-corrected chi connectivity index (χ4v) is 2.79. The number of rotatable bonds is 7. The lowest BCUT2D eigenvalue weighted by atomic mass is 10.2. The maximum absolute atomic E-state index is 12.1. The van der Waals surface area contributed by atoms with E-state index in [0.29, 0.717) is 5.82 Å². The normalized spacial score (nSPS) is 13.5. The van der Waals surface area contributed by atoms with E-state index < -0.39 is 10.0 Å². The molecule has 0 bridgehead atoms. The minimum Gasteiger partial charge on any atom is -0.309 e. The molecule has 1 heterocycles. The molecule has 0 saturated heterocycles. The van der Waals surface area contributed by atoms with Crippen LogP contribution in [0.5, 0.6) is 0 Å². The van der Waals surface area contributed by atoms with Crippen LogP contribution in [0.1, 0.15) is 13.3 Å². The third-order valence-electron chi connectivity index (χ3n) is 2.56. The van der Waals surface area contributed by atoms with Gasteiger partial charge < -0.3 is 10.3 Å². The second-order valence-corrected chi connectivity index (χ2v) is 6.35. The predicted octanol–water partition coefficient (Wildman–Crippen LogP) is -0.0143. The molecule has 1 aromatic rings. The van der Waals surface area contributed by atoms with Crippen molar-refractivity contribution in [2.24, 2.45) is 5.84 Å². The summed E-state index contributed by atoms with van der Waals surface area (Å²) in [5, 5.41) is 0. The molecular formula is C11H21N5O2S. The van der Waals surface area contributed by atoms with Gasteiger partial charge in [-0.15, -0.1) is 0 Å². The molecule has 1 rings (SSSR count). The van der Waals surface area contributed by atoms with E-state index in [4.69, 9.17) is 5.84 Å². The maximum Gasteiger partial charge on any atom is 0.240 e. The molecule has 0 spiro atoms. The van der Waals surface area contributed by atoms with Crippen LogP contribution in [0, 0.1) is 0 Å². The number of hydrogen-bond acceptors (Lipinski definition) is 6. The number of nitrogens with one attached hydrogen (secondary N) is 2. The van der Waals surface area contributed by atoms with Crippen LogP contribution in [0.25, 0.3) is 0 Å². The second-order valence-electron chi connectivity index (χ2n) is 4.64. The Labute approximate surface area is 114 Å². The smallest absolute Gasteiger partial charge is 0.240 e. The monoisotopic (exact) mass is 287 g/mol. The third-order valence-corrected chi connectivity index (χ3v) is 4.14. The first-order valence-corrected chi connectivity index (χ1v) is 7.43. The number of aromatic nitrogens is 1. The van der Waals surface area contributed by atoms with E-state index in [1.54, 1.807) is 0 Å². The first-order chi connectivity index (χ1) is 8.85. The molecular weight excluding hydrogens is 266 g/mol. The van der Waals surface area contributed by atoms with Gasteiger partial charge in [0.2, 0.25) is 10.0 Å². The quantitative estimate of drug-likeness (QED) is 0.481. The summed E-state index contributed by atoms with van der Waals surface area (Å²) in [5.41, 5.74) is 2.32. The van der Waals surface area contributed by atoms with Gasteiger partial charge in [0.1, 0.15) is 5.82 Å². The second kappa shape index (κ2) is 6.80. The van der Waals surface area contributed by atoms with Gasteiger partial charge in [0.15, 0.2) is 0 Å². The van der Waals surface area contributed by atoms with Gasteiger partial charge in [0.25, 0.3) is 0 Å². The van der Waals surface area contributed by atoms with Gasteiger partial charge in [-0.1, -0.05) is 0 Å². The average Bonchev–Trinajstić information content (AvgIpc) is 2.36. The molecule has 7 nitrogen and oxygen atoms in total. The molecule has 0 amide bonds.